The molecule has 0 saturated carbocycles. The number of methoxy groups -OCH3 is 1. The van der Waals surface area contributed by atoms with E-state index in [1.165, 1.54) is 7.11 Å². The molecule has 0 spiro atoms. The van der Waals surface area contributed by atoms with E-state index in [0.717, 1.165) is 17.5 Å². The number of aryl methyl sites for hydroxylation is 1. The van der Waals surface area contributed by atoms with Crippen LogP contribution in [0.2, 0.25) is 0 Å². The number of nitrogens with one attached hydrogen (secondary N) is 1. The summed E-state index contributed by atoms with van der Waals surface area (Å²) in [5, 5.41) is 0. The maximum absolute atomic E-state index is 12.9. The van der Waals surface area contributed by atoms with Gasteiger partial charge in [0.05, 0.1) is 7.11 Å². The molecule has 0 bridgehead atoms. The van der Waals surface area contributed by atoms with Crippen LogP contribution < -0.4 is 9.46 Å². The quantitative estimate of drug-likeness (QED) is 0.821. The zero-order chi connectivity index (χ0) is 17.7. The zero-order valence-corrected chi connectivity index (χ0v) is 15.4. The van der Waals surface area contributed by atoms with E-state index in [1.54, 1.807) is 12.1 Å². The van der Waals surface area contributed by atoms with Gasteiger partial charge in [-0.15, -0.1) is 0 Å². The minimum Gasteiger partial charge on any atom is -0.495 e. The molecular formula is C19H25NO3S. The van der Waals surface area contributed by atoms with E-state index in [0.29, 0.717) is 11.7 Å². The first-order chi connectivity index (χ1) is 11.3. The summed E-state index contributed by atoms with van der Waals surface area (Å²) in [7, 11) is -2.21. The maximum atomic E-state index is 12.9. The number of benzene rings is 2. The second kappa shape index (κ2) is 7.81. The third-order valence-corrected chi connectivity index (χ3v) is 5.31. The van der Waals surface area contributed by atoms with Crippen LogP contribution in [0.5, 0.6) is 5.75 Å². The molecule has 5 heteroatoms. The van der Waals surface area contributed by atoms with Crippen LogP contribution in [-0.2, 0) is 10.0 Å². The van der Waals surface area contributed by atoms with Gasteiger partial charge in [-0.1, -0.05) is 50.2 Å². The SMILES string of the molecule is COc1ccc(C)cc1S(=O)(=O)N[C@H](CC(C)C)c1ccccc1. The Morgan fingerprint density at radius 2 is 1.75 bits per heavy atom. The lowest BCUT2D eigenvalue weighted by atomic mass is 9.98. The average Bonchev–Trinajstić information content (AvgIpc) is 2.54. The Morgan fingerprint density at radius 3 is 2.33 bits per heavy atom. The topological polar surface area (TPSA) is 55.4 Å². The van der Waals surface area contributed by atoms with Crippen molar-refractivity contribution in [3.8, 4) is 5.75 Å². The molecule has 0 aliphatic heterocycles. The Labute approximate surface area is 144 Å². The molecule has 0 heterocycles. The molecule has 2 aromatic carbocycles. The molecule has 0 saturated heterocycles. The molecule has 0 amide bonds. The highest BCUT2D eigenvalue weighted by Gasteiger charge is 2.25. The lowest BCUT2D eigenvalue weighted by Gasteiger charge is -2.22. The molecule has 4 nitrogen and oxygen atoms in total. The Bertz CT molecular complexity index is 770. The van der Waals surface area contributed by atoms with Gasteiger partial charge in [0.1, 0.15) is 10.6 Å². The standard InChI is InChI=1S/C19H25NO3S/c1-14(2)12-17(16-8-6-5-7-9-16)20-24(21,22)19-13-15(3)10-11-18(19)23-4/h5-11,13-14,17,20H,12H2,1-4H3/t17-/m1/s1. The van der Waals surface area contributed by atoms with Crippen molar-refractivity contribution in [1.82, 2.24) is 4.72 Å². The van der Waals surface area contributed by atoms with Gasteiger partial charge < -0.3 is 4.74 Å². The summed E-state index contributed by atoms with van der Waals surface area (Å²) in [4.78, 5) is 0.176. The first-order valence-electron chi connectivity index (χ1n) is 8.05. The summed E-state index contributed by atoms with van der Waals surface area (Å²) in [6.45, 7) is 6.02. The van der Waals surface area contributed by atoms with E-state index >= 15 is 0 Å². The molecule has 0 aromatic heterocycles. The first-order valence-corrected chi connectivity index (χ1v) is 9.53. The molecule has 2 rings (SSSR count). The summed E-state index contributed by atoms with van der Waals surface area (Å²) in [6.07, 6.45) is 0.720. The predicted octanol–water partition coefficient (Wildman–Crippen LogP) is 4.07. The van der Waals surface area contributed by atoms with Gasteiger partial charge in [0.2, 0.25) is 10.0 Å². The third-order valence-electron chi connectivity index (χ3n) is 3.82. The molecular weight excluding hydrogens is 322 g/mol. The first kappa shape index (κ1) is 18.5. The van der Waals surface area contributed by atoms with Crippen LogP contribution in [0.4, 0.5) is 0 Å². The number of hydrogen-bond acceptors (Lipinski definition) is 3. The highest BCUT2D eigenvalue weighted by atomic mass is 32.2. The van der Waals surface area contributed by atoms with Gasteiger partial charge in [-0.05, 0) is 42.5 Å². The fourth-order valence-corrected chi connectivity index (χ4v) is 4.14. The van der Waals surface area contributed by atoms with Crippen LogP contribution in [0.25, 0.3) is 0 Å². The summed E-state index contributed by atoms with van der Waals surface area (Å²) >= 11 is 0. The smallest absolute Gasteiger partial charge is 0.244 e. The lowest BCUT2D eigenvalue weighted by Crippen LogP contribution is -2.30. The number of hydrogen-bond donors (Lipinski definition) is 1. The molecule has 0 unspecified atom stereocenters. The van der Waals surface area contributed by atoms with Gasteiger partial charge in [-0.3, -0.25) is 0 Å². The second-order valence-electron chi connectivity index (χ2n) is 6.37. The minimum atomic E-state index is -3.69. The monoisotopic (exact) mass is 347 g/mol. The van der Waals surface area contributed by atoms with E-state index in [-0.39, 0.29) is 10.9 Å². The van der Waals surface area contributed by atoms with Crippen LogP contribution >= 0.6 is 0 Å². The Morgan fingerprint density at radius 1 is 1.08 bits per heavy atom. The normalized spacial score (nSPS) is 13.0. The van der Waals surface area contributed by atoms with Crippen LogP contribution in [0, 0.1) is 12.8 Å². The molecule has 24 heavy (non-hydrogen) atoms. The highest BCUT2D eigenvalue weighted by molar-refractivity contribution is 7.89. The number of sulfonamides is 1. The molecule has 1 atom stereocenters. The van der Waals surface area contributed by atoms with E-state index in [2.05, 4.69) is 18.6 Å². The average molecular weight is 347 g/mol. The van der Waals surface area contributed by atoms with E-state index in [9.17, 15) is 8.42 Å². The molecule has 2 aromatic rings. The van der Waals surface area contributed by atoms with Crippen molar-refractivity contribution >= 4 is 10.0 Å². The summed E-state index contributed by atoms with van der Waals surface area (Å²) in [5.41, 5.74) is 1.83. The molecule has 0 aliphatic rings. The Balaban J connectivity index is 2.39. The largest absolute Gasteiger partial charge is 0.495 e. The van der Waals surface area contributed by atoms with Crippen molar-refractivity contribution < 1.29 is 13.2 Å². The van der Waals surface area contributed by atoms with Crippen LogP contribution in [0.1, 0.15) is 37.4 Å². The van der Waals surface area contributed by atoms with Gasteiger partial charge in [0.25, 0.3) is 0 Å². The minimum absolute atomic E-state index is 0.176. The van der Waals surface area contributed by atoms with E-state index in [1.807, 2.05) is 43.3 Å². The molecule has 0 fully saturated rings. The number of ether oxygens (including phenoxy) is 1. The second-order valence-corrected chi connectivity index (χ2v) is 8.05. The molecule has 1 N–H and O–H groups in total. The zero-order valence-electron chi connectivity index (χ0n) is 14.6. The van der Waals surface area contributed by atoms with Gasteiger partial charge in [-0.25, -0.2) is 13.1 Å². The Hall–Kier alpha value is -1.85. The Kier molecular flexibility index (Phi) is 6.02. The van der Waals surface area contributed by atoms with Gasteiger partial charge in [0, 0.05) is 6.04 Å². The lowest BCUT2D eigenvalue weighted by molar-refractivity contribution is 0.401. The highest BCUT2D eigenvalue weighted by Crippen LogP contribution is 2.28. The van der Waals surface area contributed by atoms with Crippen molar-refractivity contribution in [2.75, 3.05) is 7.11 Å². The van der Waals surface area contributed by atoms with Gasteiger partial charge >= 0.3 is 0 Å². The van der Waals surface area contributed by atoms with Gasteiger partial charge in [-0.2, -0.15) is 0 Å². The van der Waals surface area contributed by atoms with Crippen molar-refractivity contribution in [3.05, 3.63) is 59.7 Å². The predicted molar refractivity (Wildman–Crippen MR) is 96.7 cm³/mol. The number of rotatable bonds is 7. The summed E-state index contributed by atoms with van der Waals surface area (Å²) in [6, 6.07) is 14.5. The summed E-state index contributed by atoms with van der Waals surface area (Å²) < 4.78 is 34.0. The fourth-order valence-electron chi connectivity index (χ4n) is 2.65. The third kappa shape index (κ3) is 4.58. The van der Waals surface area contributed by atoms with Crippen LogP contribution in [-0.4, -0.2) is 15.5 Å². The van der Waals surface area contributed by atoms with Gasteiger partial charge in [0.15, 0.2) is 0 Å². The fraction of sp³-hybridized carbons (Fsp3) is 0.368. The van der Waals surface area contributed by atoms with E-state index in [4.69, 9.17) is 4.74 Å². The van der Waals surface area contributed by atoms with Crippen molar-refractivity contribution in [2.24, 2.45) is 5.92 Å². The van der Waals surface area contributed by atoms with Crippen LogP contribution in [0.15, 0.2) is 53.4 Å². The van der Waals surface area contributed by atoms with Crippen molar-refractivity contribution in [2.45, 2.75) is 38.1 Å². The van der Waals surface area contributed by atoms with E-state index < -0.39 is 10.0 Å². The van der Waals surface area contributed by atoms with Crippen molar-refractivity contribution in [1.29, 1.82) is 0 Å². The molecule has 0 aliphatic carbocycles. The maximum Gasteiger partial charge on any atom is 0.244 e. The summed E-state index contributed by atoms with van der Waals surface area (Å²) in [5.74, 6) is 0.710. The van der Waals surface area contributed by atoms with Crippen LogP contribution in [0.3, 0.4) is 0 Å². The van der Waals surface area contributed by atoms with Crippen molar-refractivity contribution in [3.63, 3.8) is 0 Å². The molecule has 130 valence electrons. The molecule has 0 radical (unpaired) electrons.